The summed E-state index contributed by atoms with van der Waals surface area (Å²) in [4.78, 5) is 11.9. The molecule has 5 rings (SSSR count). The molecular formula is C35H59NO6. The summed E-state index contributed by atoms with van der Waals surface area (Å²) in [5.74, 6) is 4.71. The Morgan fingerprint density at radius 3 is 2.40 bits per heavy atom. The van der Waals surface area contributed by atoms with Crippen LogP contribution in [-0.4, -0.2) is 64.6 Å². The van der Waals surface area contributed by atoms with Gasteiger partial charge in [-0.3, -0.25) is 4.79 Å². The minimum Gasteiger partial charge on any atom is -0.394 e. The van der Waals surface area contributed by atoms with Crippen molar-refractivity contribution in [2.45, 2.75) is 142 Å². The second-order valence-corrected chi connectivity index (χ2v) is 15.8. The molecule has 4 N–H and O–H groups in total. The molecule has 7 nitrogen and oxygen atoms in total. The molecule has 1 amide bonds. The molecule has 1 heterocycles. The zero-order chi connectivity index (χ0) is 30.4. The van der Waals surface area contributed by atoms with Crippen molar-refractivity contribution < 1.29 is 29.6 Å². The molecule has 5 aliphatic rings. The van der Waals surface area contributed by atoms with E-state index in [1.807, 2.05) is 0 Å². The second-order valence-electron chi connectivity index (χ2n) is 15.8. The summed E-state index contributed by atoms with van der Waals surface area (Å²) >= 11 is 0. The molecule has 1 saturated heterocycles. The molecule has 0 aromatic rings. The van der Waals surface area contributed by atoms with Crippen molar-refractivity contribution >= 4 is 5.91 Å². The van der Waals surface area contributed by atoms with Crippen molar-refractivity contribution in [2.75, 3.05) is 6.61 Å². The molecule has 14 atom stereocenters. The second kappa shape index (κ2) is 12.8. The molecule has 0 aromatic heterocycles. The summed E-state index contributed by atoms with van der Waals surface area (Å²) in [5, 5.41) is 33.5. The number of aliphatic hydroxyl groups excluding tert-OH is 3. The number of allylic oxidation sites excluding steroid dienone is 2. The van der Waals surface area contributed by atoms with Crippen LogP contribution in [0.25, 0.3) is 0 Å². The molecule has 0 radical (unpaired) electrons. The topological polar surface area (TPSA) is 108 Å². The third kappa shape index (κ3) is 5.99. The van der Waals surface area contributed by atoms with Crippen LogP contribution < -0.4 is 5.32 Å². The highest BCUT2D eigenvalue weighted by Crippen LogP contribution is 2.67. The van der Waals surface area contributed by atoms with Gasteiger partial charge in [-0.25, -0.2) is 0 Å². The highest BCUT2D eigenvalue weighted by molar-refractivity contribution is 5.73. The molecule has 42 heavy (non-hydrogen) atoms. The Hall–Kier alpha value is -0.990. The van der Waals surface area contributed by atoms with Gasteiger partial charge in [-0.15, -0.1) is 0 Å². The van der Waals surface area contributed by atoms with Crippen molar-refractivity contribution in [3.8, 4) is 0 Å². The van der Waals surface area contributed by atoms with Gasteiger partial charge in [-0.05, 0) is 97.2 Å². The smallest absolute Gasteiger partial charge is 0.217 e. The van der Waals surface area contributed by atoms with Gasteiger partial charge in [0.2, 0.25) is 5.91 Å². The summed E-state index contributed by atoms with van der Waals surface area (Å²) in [5.41, 5.74) is 0.702. The van der Waals surface area contributed by atoms with Gasteiger partial charge in [0.05, 0.1) is 12.7 Å². The average Bonchev–Trinajstić information content (AvgIpc) is 3.29. The van der Waals surface area contributed by atoms with Gasteiger partial charge >= 0.3 is 0 Å². The molecule has 0 aromatic carbocycles. The Kier molecular flexibility index (Phi) is 9.86. The van der Waals surface area contributed by atoms with Crippen molar-refractivity contribution in [1.29, 1.82) is 0 Å². The lowest BCUT2D eigenvalue weighted by atomic mass is 9.46. The summed E-state index contributed by atoms with van der Waals surface area (Å²) in [6.45, 7) is 13.3. The van der Waals surface area contributed by atoms with Crippen LogP contribution in [0.3, 0.4) is 0 Å². The molecule has 3 saturated carbocycles. The maximum absolute atomic E-state index is 11.9. The van der Waals surface area contributed by atoms with Crippen molar-refractivity contribution in [2.24, 2.45) is 52.3 Å². The molecule has 0 bridgehead atoms. The molecule has 0 unspecified atom stereocenters. The minimum atomic E-state index is -1.30. The van der Waals surface area contributed by atoms with Crippen LogP contribution in [0.15, 0.2) is 12.2 Å². The summed E-state index contributed by atoms with van der Waals surface area (Å²) in [6.07, 6.45) is 12.9. The minimum absolute atomic E-state index is 0.0799. The van der Waals surface area contributed by atoms with E-state index >= 15 is 0 Å². The van der Waals surface area contributed by atoms with Crippen LogP contribution in [0.2, 0.25) is 0 Å². The SMILES string of the molecule is CC(=O)N[C@H]1[C@H](O[C@H]2CC[C@@]3(C)[C@H](C=C[C@@H]4[C@@H]3CC[C@]3(C)[C@@H]([C@H](C)CCCC(C)C)CC[C@@H]43)C2)O[C@H](CO)[C@@H](O)[C@@H]1O. The van der Waals surface area contributed by atoms with E-state index in [4.69, 9.17) is 9.47 Å². The number of hydrogen-bond acceptors (Lipinski definition) is 6. The number of aliphatic hydroxyl groups is 3. The lowest BCUT2D eigenvalue weighted by molar-refractivity contribution is -0.287. The first-order chi connectivity index (χ1) is 19.9. The molecular weight excluding hydrogens is 530 g/mol. The van der Waals surface area contributed by atoms with Gasteiger partial charge < -0.3 is 30.1 Å². The number of rotatable bonds is 9. The number of hydrogen-bond donors (Lipinski definition) is 4. The molecule has 240 valence electrons. The summed E-state index contributed by atoms with van der Waals surface area (Å²) in [6, 6.07) is -0.890. The van der Waals surface area contributed by atoms with Gasteiger partial charge in [-0.2, -0.15) is 0 Å². The fourth-order valence-electron chi connectivity index (χ4n) is 10.5. The van der Waals surface area contributed by atoms with Gasteiger partial charge in [0.25, 0.3) is 0 Å². The van der Waals surface area contributed by atoms with Crippen molar-refractivity contribution in [1.82, 2.24) is 5.32 Å². The normalized spacial score (nSPS) is 47.4. The van der Waals surface area contributed by atoms with Crippen LogP contribution in [0, 0.1) is 52.3 Å². The van der Waals surface area contributed by atoms with E-state index in [-0.39, 0.29) is 17.4 Å². The van der Waals surface area contributed by atoms with E-state index in [0.717, 1.165) is 42.9 Å². The Labute approximate surface area is 254 Å². The zero-order valence-electron chi connectivity index (χ0n) is 27.0. The first-order valence-electron chi connectivity index (χ1n) is 17.1. The standard InChI is InChI=1S/C35H59NO6/c1-20(2)8-7-9-21(3)26-12-13-27-25-11-10-23-18-24(14-16-34(23,5)28(25)15-17-35(26,27)6)41-33-30(36-22(4)38)32(40)31(39)29(19-37)42-33/h10-11,20-21,23-33,37,39-40H,7-9,12-19H2,1-6H3,(H,36,38)/t21-,23-,24+,25+,26-,27+,28+,29-,30-,31-,32-,33-,34+,35-/m1/s1. The van der Waals surface area contributed by atoms with E-state index in [9.17, 15) is 20.1 Å². The van der Waals surface area contributed by atoms with Crippen LogP contribution in [0.1, 0.15) is 106 Å². The lowest BCUT2D eigenvalue weighted by Crippen LogP contribution is -2.65. The summed E-state index contributed by atoms with van der Waals surface area (Å²) < 4.78 is 12.3. The number of amides is 1. The number of nitrogens with one attached hydrogen (secondary N) is 1. The first kappa shape index (κ1) is 32.4. The fraction of sp³-hybridized carbons (Fsp3) is 0.914. The largest absolute Gasteiger partial charge is 0.394 e. The van der Waals surface area contributed by atoms with E-state index in [2.05, 4.69) is 52.1 Å². The summed E-state index contributed by atoms with van der Waals surface area (Å²) in [7, 11) is 0. The lowest BCUT2D eigenvalue weighted by Gasteiger charge is -2.59. The molecule has 4 aliphatic carbocycles. The van der Waals surface area contributed by atoms with E-state index < -0.39 is 37.3 Å². The van der Waals surface area contributed by atoms with Gasteiger partial charge in [0.1, 0.15) is 24.4 Å². The van der Waals surface area contributed by atoms with Gasteiger partial charge in [0, 0.05) is 6.92 Å². The molecule has 4 fully saturated rings. The highest BCUT2D eigenvalue weighted by Gasteiger charge is 2.60. The first-order valence-corrected chi connectivity index (χ1v) is 17.1. The van der Waals surface area contributed by atoms with E-state index in [0.29, 0.717) is 23.2 Å². The Morgan fingerprint density at radius 2 is 1.71 bits per heavy atom. The quantitative estimate of drug-likeness (QED) is 0.275. The maximum atomic E-state index is 11.9. The Bertz CT molecular complexity index is 971. The monoisotopic (exact) mass is 589 g/mol. The van der Waals surface area contributed by atoms with Crippen LogP contribution in [-0.2, 0) is 14.3 Å². The Balaban J connectivity index is 1.26. The van der Waals surface area contributed by atoms with Crippen LogP contribution >= 0.6 is 0 Å². The fourth-order valence-corrected chi connectivity index (χ4v) is 10.5. The highest BCUT2D eigenvalue weighted by atomic mass is 16.7. The van der Waals surface area contributed by atoms with Crippen molar-refractivity contribution in [3.05, 3.63) is 12.2 Å². The van der Waals surface area contributed by atoms with Crippen LogP contribution in [0.5, 0.6) is 0 Å². The number of fused-ring (bicyclic) bond motifs is 5. The third-order valence-electron chi connectivity index (χ3n) is 12.9. The van der Waals surface area contributed by atoms with E-state index in [1.165, 1.54) is 51.9 Å². The number of carbonyl (C=O) groups is 1. The Morgan fingerprint density at radius 1 is 1.00 bits per heavy atom. The predicted octanol–water partition coefficient (Wildman–Crippen LogP) is 5.21. The average molecular weight is 590 g/mol. The molecule has 0 spiro atoms. The van der Waals surface area contributed by atoms with E-state index in [1.54, 1.807) is 0 Å². The van der Waals surface area contributed by atoms with Gasteiger partial charge in [0.15, 0.2) is 6.29 Å². The third-order valence-corrected chi connectivity index (χ3v) is 12.9. The zero-order valence-corrected chi connectivity index (χ0v) is 27.0. The van der Waals surface area contributed by atoms with Gasteiger partial charge in [-0.1, -0.05) is 66.0 Å². The molecule has 1 aliphatic heterocycles. The number of carbonyl (C=O) groups excluding carboxylic acids is 1. The predicted molar refractivity (Wildman–Crippen MR) is 163 cm³/mol. The number of ether oxygens (including phenoxy) is 2. The van der Waals surface area contributed by atoms with Crippen LogP contribution in [0.4, 0.5) is 0 Å². The van der Waals surface area contributed by atoms with Crippen molar-refractivity contribution in [3.63, 3.8) is 0 Å². The maximum Gasteiger partial charge on any atom is 0.217 e. The molecule has 7 heteroatoms.